The summed E-state index contributed by atoms with van der Waals surface area (Å²) < 4.78 is 20.7. The predicted molar refractivity (Wildman–Crippen MR) is 161 cm³/mol. The SMILES string of the molecule is Cc1c(-c2ccccc2)nc2ccc(Br)cc2c1C(=O)NCC(CCC(=O)OC(C)(C)C)c1cccc(F)c1Cl. The van der Waals surface area contributed by atoms with E-state index in [1.165, 1.54) is 6.07 Å². The van der Waals surface area contributed by atoms with Crippen molar-refractivity contribution in [2.45, 2.75) is 52.1 Å². The van der Waals surface area contributed by atoms with E-state index in [0.717, 1.165) is 21.3 Å². The molecule has 4 aromatic rings. The Kier molecular flexibility index (Phi) is 9.26. The fourth-order valence-electron chi connectivity index (χ4n) is 4.69. The van der Waals surface area contributed by atoms with Crippen molar-refractivity contribution in [3.63, 3.8) is 0 Å². The van der Waals surface area contributed by atoms with Crippen LogP contribution in [0.1, 0.15) is 61.0 Å². The van der Waals surface area contributed by atoms with Gasteiger partial charge in [0, 0.05) is 34.3 Å². The van der Waals surface area contributed by atoms with Gasteiger partial charge in [-0.2, -0.15) is 0 Å². The van der Waals surface area contributed by atoms with Crippen molar-refractivity contribution in [2.75, 3.05) is 6.54 Å². The second-order valence-electron chi connectivity index (χ2n) is 10.7. The van der Waals surface area contributed by atoms with Gasteiger partial charge in [0.15, 0.2) is 0 Å². The summed E-state index contributed by atoms with van der Waals surface area (Å²) in [6, 6.07) is 19.9. The van der Waals surface area contributed by atoms with Gasteiger partial charge in [0.2, 0.25) is 0 Å². The van der Waals surface area contributed by atoms with Crippen LogP contribution in [-0.4, -0.2) is 29.0 Å². The minimum Gasteiger partial charge on any atom is -0.460 e. The minimum absolute atomic E-state index is 0.0215. The van der Waals surface area contributed by atoms with Crippen LogP contribution in [0.25, 0.3) is 22.2 Å². The van der Waals surface area contributed by atoms with E-state index in [-0.39, 0.29) is 29.9 Å². The largest absolute Gasteiger partial charge is 0.460 e. The first kappa shape index (κ1) is 29.7. The molecule has 1 atom stereocenters. The standard InChI is InChI=1S/C32H31BrClFN2O3/c1-19-28(24-17-22(33)14-15-26(24)37-30(19)20-9-6-5-7-10-20)31(39)36-18-21(13-16-27(38)40-32(2,3)4)23-11-8-12-25(35)29(23)34/h5-12,14-15,17,21H,13,16,18H2,1-4H3,(H,36,39). The van der Waals surface area contributed by atoms with Gasteiger partial charge in [-0.15, -0.1) is 0 Å². The molecule has 5 nitrogen and oxygen atoms in total. The van der Waals surface area contributed by atoms with E-state index in [1.807, 2.05) is 55.5 Å². The van der Waals surface area contributed by atoms with Gasteiger partial charge < -0.3 is 10.1 Å². The number of ether oxygens (including phenoxy) is 1. The van der Waals surface area contributed by atoms with E-state index in [4.69, 9.17) is 21.3 Å². The number of nitrogens with zero attached hydrogens (tertiary/aromatic N) is 1. The molecule has 1 amide bonds. The Morgan fingerprint density at radius 3 is 2.50 bits per heavy atom. The van der Waals surface area contributed by atoms with Gasteiger partial charge in [0.1, 0.15) is 11.4 Å². The summed E-state index contributed by atoms with van der Waals surface area (Å²) in [4.78, 5) is 31.2. The average Bonchev–Trinajstić information content (AvgIpc) is 2.89. The molecule has 3 aromatic carbocycles. The Morgan fingerprint density at radius 2 is 1.80 bits per heavy atom. The van der Waals surface area contributed by atoms with E-state index in [9.17, 15) is 14.0 Å². The van der Waals surface area contributed by atoms with Crippen molar-refractivity contribution >= 4 is 50.3 Å². The smallest absolute Gasteiger partial charge is 0.306 e. The molecule has 4 rings (SSSR count). The molecule has 0 saturated heterocycles. The lowest BCUT2D eigenvalue weighted by molar-refractivity contribution is -0.155. The molecular formula is C32H31BrClFN2O3. The molecule has 0 spiro atoms. The van der Waals surface area contributed by atoms with Crippen LogP contribution in [0.2, 0.25) is 5.02 Å². The first-order valence-corrected chi connectivity index (χ1v) is 14.2. The number of rotatable bonds is 8. The summed E-state index contributed by atoms with van der Waals surface area (Å²) in [6.45, 7) is 7.43. The summed E-state index contributed by atoms with van der Waals surface area (Å²) in [5.74, 6) is -1.64. The number of carbonyl (C=O) groups excluding carboxylic acids is 2. The number of hydrogen-bond acceptors (Lipinski definition) is 4. The molecule has 0 bridgehead atoms. The minimum atomic E-state index is -0.623. The highest BCUT2D eigenvalue weighted by atomic mass is 79.9. The summed E-state index contributed by atoms with van der Waals surface area (Å²) >= 11 is 9.85. The second-order valence-corrected chi connectivity index (χ2v) is 12.0. The zero-order chi connectivity index (χ0) is 29.0. The molecule has 0 radical (unpaired) electrons. The first-order valence-electron chi connectivity index (χ1n) is 13.0. The summed E-state index contributed by atoms with van der Waals surface area (Å²) in [5, 5.41) is 3.72. The van der Waals surface area contributed by atoms with Crippen LogP contribution in [0.4, 0.5) is 4.39 Å². The Hall–Kier alpha value is -3.29. The second kappa shape index (κ2) is 12.5. The third-order valence-corrected chi connectivity index (χ3v) is 7.40. The number of hydrogen-bond donors (Lipinski definition) is 1. The van der Waals surface area contributed by atoms with Crippen LogP contribution in [-0.2, 0) is 9.53 Å². The Labute approximate surface area is 247 Å². The molecule has 208 valence electrons. The van der Waals surface area contributed by atoms with Gasteiger partial charge in [-0.3, -0.25) is 9.59 Å². The Bertz CT molecular complexity index is 1550. The van der Waals surface area contributed by atoms with Gasteiger partial charge in [-0.1, -0.05) is 70.0 Å². The molecule has 0 aliphatic heterocycles. The number of pyridine rings is 1. The lowest BCUT2D eigenvalue weighted by Crippen LogP contribution is -2.30. The zero-order valence-electron chi connectivity index (χ0n) is 22.9. The highest BCUT2D eigenvalue weighted by molar-refractivity contribution is 9.10. The van der Waals surface area contributed by atoms with Crippen molar-refractivity contribution < 1.29 is 18.7 Å². The normalized spacial score (nSPS) is 12.3. The van der Waals surface area contributed by atoms with Crippen LogP contribution in [0, 0.1) is 12.7 Å². The van der Waals surface area contributed by atoms with Crippen molar-refractivity contribution in [3.05, 3.63) is 98.7 Å². The lowest BCUT2D eigenvalue weighted by atomic mass is 9.93. The highest BCUT2D eigenvalue weighted by Gasteiger charge is 2.24. The molecule has 8 heteroatoms. The lowest BCUT2D eigenvalue weighted by Gasteiger charge is -2.23. The van der Waals surface area contributed by atoms with Crippen LogP contribution in [0.3, 0.4) is 0 Å². The quantitative estimate of drug-likeness (QED) is 0.200. The van der Waals surface area contributed by atoms with Crippen LogP contribution < -0.4 is 5.32 Å². The molecule has 0 fully saturated rings. The molecule has 1 unspecified atom stereocenters. The summed E-state index contributed by atoms with van der Waals surface area (Å²) in [5.41, 5.74) is 3.45. The molecule has 0 aliphatic rings. The number of carbonyl (C=O) groups is 2. The maximum absolute atomic E-state index is 14.4. The van der Waals surface area contributed by atoms with E-state index >= 15 is 0 Å². The number of benzene rings is 3. The maximum atomic E-state index is 14.4. The molecule has 1 N–H and O–H groups in total. The van der Waals surface area contributed by atoms with Crippen LogP contribution >= 0.6 is 27.5 Å². The fraction of sp³-hybridized carbons (Fsp3) is 0.281. The van der Waals surface area contributed by atoms with Gasteiger partial charge in [0.05, 0.1) is 21.8 Å². The molecule has 1 heterocycles. The topological polar surface area (TPSA) is 68.3 Å². The van der Waals surface area contributed by atoms with Gasteiger partial charge in [-0.05, 0) is 69.5 Å². The number of esters is 1. The monoisotopic (exact) mass is 624 g/mol. The molecular weight excluding hydrogens is 595 g/mol. The van der Waals surface area contributed by atoms with E-state index < -0.39 is 17.3 Å². The molecule has 0 saturated carbocycles. The summed E-state index contributed by atoms with van der Waals surface area (Å²) in [7, 11) is 0. The summed E-state index contributed by atoms with van der Waals surface area (Å²) in [6.07, 6.45) is 0.405. The number of aromatic nitrogens is 1. The van der Waals surface area contributed by atoms with E-state index in [1.54, 1.807) is 32.9 Å². The number of amides is 1. The van der Waals surface area contributed by atoms with Crippen molar-refractivity contribution in [1.29, 1.82) is 0 Å². The van der Waals surface area contributed by atoms with Crippen molar-refractivity contribution in [1.82, 2.24) is 10.3 Å². The van der Waals surface area contributed by atoms with Gasteiger partial charge in [-0.25, -0.2) is 9.37 Å². The fourth-order valence-corrected chi connectivity index (χ4v) is 5.33. The average molecular weight is 626 g/mol. The van der Waals surface area contributed by atoms with E-state index in [2.05, 4.69) is 21.2 Å². The molecule has 1 aromatic heterocycles. The van der Waals surface area contributed by atoms with Gasteiger partial charge >= 0.3 is 5.97 Å². The third-order valence-electron chi connectivity index (χ3n) is 6.51. The van der Waals surface area contributed by atoms with Crippen LogP contribution in [0.5, 0.6) is 0 Å². The number of nitrogens with one attached hydrogen (secondary N) is 1. The van der Waals surface area contributed by atoms with Crippen LogP contribution in [0.15, 0.2) is 71.2 Å². The molecule has 0 aliphatic carbocycles. The van der Waals surface area contributed by atoms with Crippen molar-refractivity contribution in [3.8, 4) is 11.3 Å². The first-order chi connectivity index (χ1) is 18.9. The molecule has 40 heavy (non-hydrogen) atoms. The third kappa shape index (κ3) is 7.07. The maximum Gasteiger partial charge on any atom is 0.306 e. The number of halogens is 3. The van der Waals surface area contributed by atoms with E-state index in [0.29, 0.717) is 28.5 Å². The van der Waals surface area contributed by atoms with Crippen molar-refractivity contribution in [2.24, 2.45) is 0 Å². The van der Waals surface area contributed by atoms with Gasteiger partial charge in [0.25, 0.3) is 5.91 Å². The predicted octanol–water partition coefficient (Wildman–Crippen LogP) is 8.40. The number of fused-ring (bicyclic) bond motifs is 1. The zero-order valence-corrected chi connectivity index (χ0v) is 25.2. The Morgan fingerprint density at radius 1 is 1.07 bits per heavy atom. The highest BCUT2D eigenvalue weighted by Crippen LogP contribution is 2.33. The Balaban J connectivity index is 1.67.